The van der Waals surface area contributed by atoms with Gasteiger partial charge in [-0.25, -0.2) is 15.0 Å². The number of amides is 1. The topological polar surface area (TPSA) is 101 Å². The molecule has 8 nitrogen and oxygen atoms in total. The molecule has 0 fully saturated rings. The van der Waals surface area contributed by atoms with Crippen LogP contribution in [-0.4, -0.2) is 30.4 Å². The van der Waals surface area contributed by atoms with Gasteiger partial charge in [0.25, 0.3) is 5.91 Å². The molecular formula is C24H17ClF3N7O. The van der Waals surface area contributed by atoms with E-state index in [4.69, 9.17) is 11.6 Å². The van der Waals surface area contributed by atoms with Gasteiger partial charge in [-0.3, -0.25) is 9.36 Å². The fourth-order valence-electron chi connectivity index (χ4n) is 3.65. The Morgan fingerprint density at radius 2 is 1.94 bits per heavy atom. The van der Waals surface area contributed by atoms with E-state index in [1.807, 2.05) is 6.92 Å². The van der Waals surface area contributed by atoms with E-state index in [2.05, 4.69) is 30.6 Å². The molecule has 3 heterocycles. The molecular weight excluding hydrogens is 495 g/mol. The van der Waals surface area contributed by atoms with Gasteiger partial charge in [-0.1, -0.05) is 23.7 Å². The van der Waals surface area contributed by atoms with Crippen molar-refractivity contribution in [1.82, 2.24) is 24.5 Å². The minimum Gasteiger partial charge on any atom is -0.344 e. The fraction of sp³-hybridized carbons (Fsp3) is 0.0833. The van der Waals surface area contributed by atoms with Crippen molar-refractivity contribution >= 4 is 45.9 Å². The van der Waals surface area contributed by atoms with Crippen molar-refractivity contribution < 1.29 is 18.0 Å². The molecule has 5 aromatic rings. The zero-order valence-electron chi connectivity index (χ0n) is 18.6. The molecule has 3 aromatic heterocycles. The van der Waals surface area contributed by atoms with Crippen molar-refractivity contribution in [3.8, 4) is 5.82 Å². The Morgan fingerprint density at radius 1 is 1.11 bits per heavy atom. The average molecular weight is 512 g/mol. The van der Waals surface area contributed by atoms with Crippen molar-refractivity contribution in [3.63, 3.8) is 0 Å². The van der Waals surface area contributed by atoms with Gasteiger partial charge in [-0.2, -0.15) is 13.2 Å². The summed E-state index contributed by atoms with van der Waals surface area (Å²) >= 11 is 6.32. The first-order valence-corrected chi connectivity index (χ1v) is 11.0. The number of anilines is 3. The van der Waals surface area contributed by atoms with Gasteiger partial charge in [-0.15, -0.1) is 0 Å². The number of rotatable bonds is 5. The first-order chi connectivity index (χ1) is 17.2. The maximum Gasteiger partial charge on any atom is 0.416 e. The Labute approximate surface area is 207 Å². The molecule has 0 unspecified atom stereocenters. The Bertz CT molecular complexity index is 1590. The number of fused-ring (bicyclic) bond motifs is 1. The van der Waals surface area contributed by atoms with Gasteiger partial charge in [0, 0.05) is 35.5 Å². The molecule has 182 valence electrons. The summed E-state index contributed by atoms with van der Waals surface area (Å²) in [4.78, 5) is 28.5. The zero-order valence-corrected chi connectivity index (χ0v) is 19.3. The third kappa shape index (κ3) is 4.48. The molecule has 0 aliphatic heterocycles. The predicted octanol–water partition coefficient (Wildman–Crippen LogP) is 6.12. The zero-order chi connectivity index (χ0) is 25.4. The molecule has 1 amide bonds. The van der Waals surface area contributed by atoms with Crippen LogP contribution < -0.4 is 10.6 Å². The summed E-state index contributed by atoms with van der Waals surface area (Å²) < 4.78 is 40.8. The number of carbonyl (C=O) groups is 1. The predicted molar refractivity (Wildman–Crippen MR) is 130 cm³/mol. The van der Waals surface area contributed by atoms with E-state index in [1.54, 1.807) is 41.4 Å². The van der Waals surface area contributed by atoms with Gasteiger partial charge in [0.1, 0.15) is 12.0 Å². The molecule has 0 aliphatic carbocycles. The van der Waals surface area contributed by atoms with E-state index in [-0.39, 0.29) is 5.56 Å². The van der Waals surface area contributed by atoms with Gasteiger partial charge in [0.2, 0.25) is 5.95 Å². The minimum atomic E-state index is -4.54. The lowest BCUT2D eigenvalue weighted by atomic mass is 10.1. The molecule has 0 bridgehead atoms. The molecule has 12 heteroatoms. The van der Waals surface area contributed by atoms with E-state index in [0.29, 0.717) is 39.2 Å². The normalized spacial score (nSPS) is 11.6. The van der Waals surface area contributed by atoms with Crippen molar-refractivity contribution in [2.45, 2.75) is 13.1 Å². The highest BCUT2D eigenvalue weighted by Gasteiger charge is 2.31. The van der Waals surface area contributed by atoms with Gasteiger partial charge < -0.3 is 15.6 Å². The molecule has 3 N–H and O–H groups in total. The van der Waals surface area contributed by atoms with Crippen molar-refractivity contribution in [2.75, 3.05) is 10.6 Å². The summed E-state index contributed by atoms with van der Waals surface area (Å²) in [7, 11) is 0. The number of alkyl halides is 3. The summed E-state index contributed by atoms with van der Waals surface area (Å²) in [6.07, 6.45) is 1.78. The molecule has 0 radical (unpaired) electrons. The molecule has 0 saturated heterocycles. The van der Waals surface area contributed by atoms with Crippen LogP contribution in [0.15, 0.2) is 67.4 Å². The second-order valence-corrected chi connectivity index (χ2v) is 8.27. The summed E-state index contributed by atoms with van der Waals surface area (Å²) in [6.45, 7) is 1.86. The van der Waals surface area contributed by atoms with Crippen LogP contribution in [0, 0.1) is 6.92 Å². The fourth-order valence-corrected chi connectivity index (χ4v) is 3.88. The smallest absolute Gasteiger partial charge is 0.344 e. The third-order valence-electron chi connectivity index (χ3n) is 5.46. The van der Waals surface area contributed by atoms with Gasteiger partial charge >= 0.3 is 6.18 Å². The largest absolute Gasteiger partial charge is 0.416 e. The number of imidazole rings is 1. The lowest BCUT2D eigenvalue weighted by molar-refractivity contribution is -0.137. The number of carbonyl (C=O) groups excluding carboxylic acids is 1. The molecule has 0 atom stereocenters. The molecule has 2 aromatic carbocycles. The summed E-state index contributed by atoms with van der Waals surface area (Å²) in [5.41, 5.74) is 1.42. The van der Waals surface area contributed by atoms with Crippen LogP contribution in [0.5, 0.6) is 0 Å². The van der Waals surface area contributed by atoms with Crippen LogP contribution >= 0.6 is 11.6 Å². The number of nitrogens with one attached hydrogen (secondary N) is 3. The summed E-state index contributed by atoms with van der Waals surface area (Å²) in [6, 6.07) is 9.34. The average Bonchev–Trinajstić information content (AvgIpc) is 3.47. The number of benzene rings is 2. The maximum absolute atomic E-state index is 13.0. The first kappa shape index (κ1) is 23.4. The molecule has 36 heavy (non-hydrogen) atoms. The van der Waals surface area contributed by atoms with E-state index < -0.39 is 17.6 Å². The van der Waals surface area contributed by atoms with E-state index in [9.17, 15) is 18.0 Å². The van der Waals surface area contributed by atoms with Crippen LogP contribution in [0.4, 0.5) is 30.5 Å². The van der Waals surface area contributed by atoms with Gasteiger partial charge in [0.15, 0.2) is 5.82 Å². The SMILES string of the molecule is Cc1ccc(NC(=O)c2cccc(C(F)(F)F)c2)cc1Nc1nccn1-c1ncnc2[nH]cc(Cl)c12. The van der Waals surface area contributed by atoms with E-state index >= 15 is 0 Å². The van der Waals surface area contributed by atoms with Crippen molar-refractivity contribution in [2.24, 2.45) is 0 Å². The number of aromatic nitrogens is 5. The minimum absolute atomic E-state index is 0.105. The Hall–Kier alpha value is -4.38. The van der Waals surface area contributed by atoms with E-state index in [0.717, 1.165) is 17.7 Å². The second kappa shape index (κ2) is 9.00. The molecule has 5 rings (SSSR count). The molecule has 0 spiro atoms. The number of hydrogen-bond donors (Lipinski definition) is 3. The Balaban J connectivity index is 1.42. The number of H-pyrrole nitrogens is 1. The van der Waals surface area contributed by atoms with Gasteiger partial charge in [0.05, 0.1) is 16.0 Å². The van der Waals surface area contributed by atoms with Gasteiger partial charge in [-0.05, 0) is 42.8 Å². The molecule has 0 saturated carbocycles. The van der Waals surface area contributed by atoms with Crippen LogP contribution in [0.2, 0.25) is 5.02 Å². The number of aromatic amines is 1. The second-order valence-electron chi connectivity index (χ2n) is 7.87. The maximum atomic E-state index is 13.0. The summed E-state index contributed by atoms with van der Waals surface area (Å²) in [5.74, 6) is 0.275. The van der Waals surface area contributed by atoms with Crippen LogP contribution in [0.25, 0.3) is 16.9 Å². The van der Waals surface area contributed by atoms with Crippen LogP contribution in [-0.2, 0) is 6.18 Å². The van der Waals surface area contributed by atoms with Crippen molar-refractivity contribution in [1.29, 1.82) is 0 Å². The number of halogens is 4. The highest BCUT2D eigenvalue weighted by molar-refractivity contribution is 6.36. The lowest BCUT2D eigenvalue weighted by Crippen LogP contribution is -2.14. The van der Waals surface area contributed by atoms with Crippen LogP contribution in [0.1, 0.15) is 21.5 Å². The monoisotopic (exact) mass is 511 g/mol. The standard InChI is InChI=1S/C24H17ClF3N7O/c1-13-5-6-16(33-22(36)14-3-2-4-15(9-14)24(26,27)28)10-18(13)34-23-29-7-8-35(23)21-19-17(25)11-30-20(19)31-12-32-21/h2-12H,1H3,(H,29,34)(H,33,36)(H,30,31,32). The Kier molecular flexibility index (Phi) is 5.84. The lowest BCUT2D eigenvalue weighted by Gasteiger charge is -2.14. The third-order valence-corrected chi connectivity index (χ3v) is 5.76. The highest BCUT2D eigenvalue weighted by atomic mass is 35.5. The Morgan fingerprint density at radius 3 is 2.75 bits per heavy atom. The van der Waals surface area contributed by atoms with Crippen LogP contribution in [0.3, 0.4) is 0 Å². The number of aryl methyl sites for hydroxylation is 1. The van der Waals surface area contributed by atoms with E-state index in [1.165, 1.54) is 18.5 Å². The highest BCUT2D eigenvalue weighted by Crippen LogP contribution is 2.31. The first-order valence-electron chi connectivity index (χ1n) is 10.6. The molecule has 0 aliphatic rings. The number of hydrogen-bond acceptors (Lipinski definition) is 5. The number of nitrogens with zero attached hydrogens (tertiary/aromatic N) is 4. The summed E-state index contributed by atoms with van der Waals surface area (Å²) in [5, 5.41) is 6.94. The van der Waals surface area contributed by atoms with Crippen molar-refractivity contribution in [3.05, 3.63) is 89.1 Å². The quantitative estimate of drug-likeness (QED) is 0.264.